The third-order valence-electron chi connectivity index (χ3n) is 11.5. The minimum Gasteiger partial charge on any atom is -0.462 e. The van der Waals surface area contributed by atoms with Crippen molar-refractivity contribution in [3.63, 3.8) is 0 Å². The van der Waals surface area contributed by atoms with E-state index in [1.807, 2.05) is 0 Å². The number of hydrogen-bond acceptors (Lipinski definition) is 6. The van der Waals surface area contributed by atoms with Gasteiger partial charge >= 0.3 is 17.9 Å². The molecule has 0 rings (SSSR count). The van der Waals surface area contributed by atoms with Gasteiger partial charge in [-0.05, 0) is 44.9 Å². The highest BCUT2D eigenvalue weighted by Gasteiger charge is 2.19. The minimum absolute atomic E-state index is 0.0684. The van der Waals surface area contributed by atoms with Crippen LogP contribution in [0.15, 0.2) is 12.2 Å². The quantitative estimate of drug-likeness (QED) is 0.0263. The Balaban J connectivity index is 4.27. The lowest BCUT2D eigenvalue weighted by Gasteiger charge is -2.18. The fourth-order valence-corrected chi connectivity index (χ4v) is 7.61. The molecule has 0 aromatic heterocycles. The fraction of sp³-hybridized carbons (Fsp3) is 0.904. The maximum atomic E-state index is 12.8. The highest BCUT2D eigenvalue weighted by Crippen LogP contribution is 2.16. The third kappa shape index (κ3) is 45.2. The molecule has 0 saturated heterocycles. The van der Waals surface area contributed by atoms with Gasteiger partial charge in [0.2, 0.25) is 0 Å². The van der Waals surface area contributed by atoms with E-state index in [1.54, 1.807) is 0 Å². The van der Waals surface area contributed by atoms with Crippen LogP contribution in [0.3, 0.4) is 0 Å². The lowest BCUT2D eigenvalue weighted by Crippen LogP contribution is -2.30. The average Bonchev–Trinajstić information content (AvgIpc) is 3.22. The van der Waals surface area contributed by atoms with E-state index in [2.05, 4.69) is 32.9 Å². The van der Waals surface area contributed by atoms with E-state index in [1.165, 1.54) is 180 Å². The molecule has 342 valence electrons. The molecular weight excluding hydrogens is 721 g/mol. The summed E-state index contributed by atoms with van der Waals surface area (Å²) in [6, 6.07) is 0. The van der Waals surface area contributed by atoms with Crippen LogP contribution in [0.25, 0.3) is 0 Å². The van der Waals surface area contributed by atoms with Crippen molar-refractivity contribution in [1.29, 1.82) is 0 Å². The Labute approximate surface area is 360 Å². The highest BCUT2D eigenvalue weighted by molar-refractivity contribution is 5.71. The highest BCUT2D eigenvalue weighted by atomic mass is 16.6. The summed E-state index contributed by atoms with van der Waals surface area (Å²) in [5.41, 5.74) is 0. The van der Waals surface area contributed by atoms with E-state index in [0.717, 1.165) is 64.2 Å². The number of carbonyl (C=O) groups is 3. The number of ether oxygens (including phenoxy) is 3. The molecule has 0 bridgehead atoms. The summed E-state index contributed by atoms with van der Waals surface area (Å²) in [6.45, 7) is 6.64. The zero-order valence-electron chi connectivity index (χ0n) is 39.1. The maximum absolute atomic E-state index is 12.8. The molecule has 0 aliphatic carbocycles. The smallest absolute Gasteiger partial charge is 0.306 e. The average molecular weight is 819 g/mol. The first-order valence-electron chi connectivity index (χ1n) is 25.7. The molecule has 0 aliphatic heterocycles. The maximum Gasteiger partial charge on any atom is 0.306 e. The second kappa shape index (κ2) is 47.8. The summed E-state index contributed by atoms with van der Waals surface area (Å²) in [6.07, 6.45) is 52.0. The summed E-state index contributed by atoms with van der Waals surface area (Å²) >= 11 is 0. The van der Waals surface area contributed by atoms with E-state index in [-0.39, 0.29) is 31.1 Å². The second-order valence-corrected chi connectivity index (χ2v) is 17.4. The van der Waals surface area contributed by atoms with Crippen molar-refractivity contribution in [2.24, 2.45) is 0 Å². The SMILES string of the molecule is CCCCCCC/C=C\CCCCCCCC(=O)OC(COC(=O)CCCCCCCCCCC)COC(=O)CCCCCCCCCCCCCCCCCCC. The molecule has 6 heteroatoms. The number of carbonyl (C=O) groups excluding carboxylic acids is 3. The first-order valence-corrected chi connectivity index (χ1v) is 25.7. The summed E-state index contributed by atoms with van der Waals surface area (Å²) in [5.74, 6) is -0.864. The third-order valence-corrected chi connectivity index (χ3v) is 11.5. The van der Waals surface area contributed by atoms with Crippen LogP contribution in [-0.2, 0) is 28.6 Å². The summed E-state index contributed by atoms with van der Waals surface area (Å²) < 4.78 is 16.8. The van der Waals surface area contributed by atoms with Gasteiger partial charge in [0.25, 0.3) is 0 Å². The number of rotatable bonds is 47. The van der Waals surface area contributed by atoms with Crippen LogP contribution in [0.5, 0.6) is 0 Å². The van der Waals surface area contributed by atoms with Crippen molar-refractivity contribution in [3.8, 4) is 0 Å². The fourth-order valence-electron chi connectivity index (χ4n) is 7.61. The molecule has 0 heterocycles. The van der Waals surface area contributed by atoms with Crippen molar-refractivity contribution in [3.05, 3.63) is 12.2 Å². The van der Waals surface area contributed by atoms with Gasteiger partial charge in [0.15, 0.2) is 6.10 Å². The van der Waals surface area contributed by atoms with Gasteiger partial charge in [0, 0.05) is 19.3 Å². The number of esters is 3. The first kappa shape index (κ1) is 56.1. The number of unbranched alkanes of at least 4 members (excludes halogenated alkanes) is 34. The van der Waals surface area contributed by atoms with Crippen LogP contribution < -0.4 is 0 Å². The van der Waals surface area contributed by atoms with Gasteiger partial charge in [0.1, 0.15) is 13.2 Å². The van der Waals surface area contributed by atoms with Crippen LogP contribution in [-0.4, -0.2) is 37.2 Å². The topological polar surface area (TPSA) is 78.9 Å². The van der Waals surface area contributed by atoms with Gasteiger partial charge in [-0.15, -0.1) is 0 Å². The lowest BCUT2D eigenvalue weighted by molar-refractivity contribution is -0.167. The lowest BCUT2D eigenvalue weighted by atomic mass is 10.0. The molecule has 0 aliphatic rings. The van der Waals surface area contributed by atoms with Crippen LogP contribution >= 0.6 is 0 Å². The van der Waals surface area contributed by atoms with Crippen molar-refractivity contribution in [2.45, 2.75) is 290 Å². The van der Waals surface area contributed by atoms with Crippen LogP contribution in [0, 0.1) is 0 Å². The second-order valence-electron chi connectivity index (χ2n) is 17.4. The zero-order valence-corrected chi connectivity index (χ0v) is 39.1. The predicted octanol–water partition coefficient (Wildman–Crippen LogP) is 16.6. The van der Waals surface area contributed by atoms with Gasteiger partial charge in [-0.3, -0.25) is 14.4 Å². The van der Waals surface area contributed by atoms with E-state index in [0.29, 0.717) is 19.3 Å². The molecule has 0 aromatic rings. The monoisotopic (exact) mass is 819 g/mol. The molecule has 0 radical (unpaired) electrons. The van der Waals surface area contributed by atoms with Gasteiger partial charge in [-0.1, -0.05) is 232 Å². The van der Waals surface area contributed by atoms with Gasteiger partial charge in [-0.2, -0.15) is 0 Å². The van der Waals surface area contributed by atoms with E-state index in [9.17, 15) is 14.4 Å². The van der Waals surface area contributed by atoms with Gasteiger partial charge in [0.05, 0.1) is 0 Å². The van der Waals surface area contributed by atoms with Crippen molar-refractivity contribution in [1.82, 2.24) is 0 Å². The Kier molecular flexibility index (Phi) is 46.3. The molecule has 1 unspecified atom stereocenters. The first-order chi connectivity index (χ1) is 28.5. The molecule has 0 saturated carbocycles. The molecule has 0 fully saturated rings. The Hall–Kier alpha value is -1.85. The summed E-state index contributed by atoms with van der Waals surface area (Å²) in [5, 5.41) is 0. The molecule has 0 spiro atoms. The van der Waals surface area contributed by atoms with E-state index < -0.39 is 6.10 Å². The summed E-state index contributed by atoms with van der Waals surface area (Å²) in [4.78, 5) is 37.8. The van der Waals surface area contributed by atoms with Crippen molar-refractivity contribution >= 4 is 17.9 Å². The molecular formula is C52H98O6. The molecule has 0 aromatic carbocycles. The van der Waals surface area contributed by atoms with Gasteiger partial charge < -0.3 is 14.2 Å². The van der Waals surface area contributed by atoms with Crippen LogP contribution in [0.2, 0.25) is 0 Å². The van der Waals surface area contributed by atoms with Crippen molar-refractivity contribution in [2.75, 3.05) is 13.2 Å². The standard InChI is InChI=1S/C52H98O6/c1-4-7-10-13-16-19-21-23-25-26-27-29-30-33-36-39-42-45-51(54)57-48-49(47-56-50(53)44-41-38-35-32-18-15-12-9-6-3)58-52(55)46-43-40-37-34-31-28-24-22-20-17-14-11-8-5-2/h22,24,49H,4-21,23,25-48H2,1-3H3/b24-22-. The van der Waals surface area contributed by atoms with Crippen molar-refractivity contribution < 1.29 is 28.6 Å². The van der Waals surface area contributed by atoms with Crippen LogP contribution in [0.1, 0.15) is 284 Å². The molecule has 58 heavy (non-hydrogen) atoms. The van der Waals surface area contributed by atoms with Gasteiger partial charge in [-0.25, -0.2) is 0 Å². The van der Waals surface area contributed by atoms with E-state index in [4.69, 9.17) is 14.2 Å². The van der Waals surface area contributed by atoms with E-state index >= 15 is 0 Å². The predicted molar refractivity (Wildman–Crippen MR) is 247 cm³/mol. The van der Waals surface area contributed by atoms with Crippen LogP contribution in [0.4, 0.5) is 0 Å². The largest absolute Gasteiger partial charge is 0.462 e. The minimum atomic E-state index is -0.766. The Bertz CT molecular complexity index is 900. The summed E-state index contributed by atoms with van der Waals surface area (Å²) in [7, 11) is 0. The number of hydrogen-bond donors (Lipinski definition) is 0. The zero-order chi connectivity index (χ0) is 42.3. The Morgan fingerprint density at radius 3 is 0.862 bits per heavy atom. The Morgan fingerprint density at radius 1 is 0.328 bits per heavy atom. The number of allylic oxidation sites excluding steroid dienone is 2. The molecule has 1 atom stereocenters. The molecule has 0 amide bonds. The molecule has 0 N–H and O–H groups in total. The molecule has 6 nitrogen and oxygen atoms in total. The Morgan fingerprint density at radius 2 is 0.569 bits per heavy atom. The normalized spacial score (nSPS) is 12.0.